The summed E-state index contributed by atoms with van der Waals surface area (Å²) in [7, 11) is 0. The fourth-order valence-corrected chi connectivity index (χ4v) is 8.68. The smallest absolute Gasteiger partial charge is 0.338 e. The molecule has 0 bridgehead atoms. The number of rotatable bonds is 21. The van der Waals surface area contributed by atoms with Crippen molar-refractivity contribution in [3.8, 4) is 0 Å². The number of aliphatic hydroxyl groups is 3. The zero-order valence-corrected chi connectivity index (χ0v) is 42.3. The van der Waals surface area contributed by atoms with Crippen LogP contribution in [0, 0.1) is 0 Å². The van der Waals surface area contributed by atoms with E-state index in [1.807, 2.05) is 0 Å². The van der Waals surface area contributed by atoms with Gasteiger partial charge in [0.05, 0.1) is 42.1 Å². The molecular weight excluding hydrogens is 1030 g/mol. The van der Waals surface area contributed by atoms with Crippen LogP contribution < -0.4 is 0 Å². The Morgan fingerprint density at radius 3 is 1.36 bits per heavy atom. The first kappa shape index (κ1) is 58.2. The van der Waals surface area contributed by atoms with Crippen LogP contribution in [-0.2, 0) is 76.0 Å². The maximum atomic E-state index is 14.2. The van der Waals surface area contributed by atoms with Gasteiger partial charge in [0, 0.05) is 20.8 Å². The molecule has 7 rings (SSSR count). The van der Waals surface area contributed by atoms with Crippen molar-refractivity contribution in [1.29, 1.82) is 0 Å². The van der Waals surface area contributed by atoms with Gasteiger partial charge in [-0.2, -0.15) is 0 Å². The number of carbonyl (C=O) groups is 7. The fourth-order valence-electron chi connectivity index (χ4n) is 8.68. The minimum absolute atomic E-state index is 0.00120. The van der Waals surface area contributed by atoms with Gasteiger partial charge < -0.3 is 76.9 Å². The zero-order valence-electron chi connectivity index (χ0n) is 42.3. The Morgan fingerprint density at radius 2 is 0.872 bits per heavy atom. The quantitative estimate of drug-likeness (QED) is 0.0614. The molecule has 23 heteroatoms. The van der Waals surface area contributed by atoms with Crippen molar-refractivity contribution in [1.82, 2.24) is 0 Å². The second kappa shape index (κ2) is 27.7. The van der Waals surface area contributed by atoms with Gasteiger partial charge in [0.1, 0.15) is 43.2 Å². The van der Waals surface area contributed by atoms with E-state index in [4.69, 9.17) is 61.6 Å². The number of hydrogen-bond donors (Lipinski definition) is 3. The standard InChI is InChI=1S/C55H58O23/c1-5-26-66-44-41(69-30(2)57)39(74-55(47(44)71-32(4)59)78-43-40(60)37(27-56)72-53(65)46(43)70-31(3)58)29-68-54-48(77-52(64)36-24-16-9-17-25-36)45(76-51(63)35-22-14-8-15-23-35)42(75-50(62)34-20-12-7-13-21-34)38(73-54)28-67-49(61)33-18-10-6-11-19-33/h5-25,37-48,53-56,60,65H,1,26-29H2,2-4H3/t37-,38-,39-,40-,41-,42-,43+,44+,45+,46-,47-,48-,53-,54-,55+/m1/s1. The normalized spacial score (nSPS) is 28.6. The van der Waals surface area contributed by atoms with Crippen molar-refractivity contribution in [2.45, 2.75) is 113 Å². The van der Waals surface area contributed by atoms with E-state index in [1.165, 1.54) is 54.6 Å². The molecule has 0 amide bonds. The second-order valence-electron chi connectivity index (χ2n) is 17.7. The highest BCUT2D eigenvalue weighted by atomic mass is 16.8. The number of carbonyl (C=O) groups excluding carboxylic acids is 7. The molecule has 3 heterocycles. The third-order valence-electron chi connectivity index (χ3n) is 12.2. The number of hydrogen-bond acceptors (Lipinski definition) is 23. The summed E-state index contributed by atoms with van der Waals surface area (Å²) in [6.45, 7) is 4.09. The first-order valence-corrected chi connectivity index (χ1v) is 24.5. The predicted molar refractivity (Wildman–Crippen MR) is 262 cm³/mol. The monoisotopic (exact) mass is 1090 g/mol. The molecule has 3 aliphatic rings. The van der Waals surface area contributed by atoms with Crippen molar-refractivity contribution in [2.24, 2.45) is 0 Å². The molecule has 416 valence electrons. The van der Waals surface area contributed by atoms with Crippen molar-refractivity contribution in [3.05, 3.63) is 156 Å². The molecule has 78 heavy (non-hydrogen) atoms. The average Bonchev–Trinajstić information content (AvgIpc) is 3.45. The van der Waals surface area contributed by atoms with Gasteiger partial charge in [0.2, 0.25) is 0 Å². The van der Waals surface area contributed by atoms with E-state index < -0.39 is 154 Å². The summed E-state index contributed by atoms with van der Waals surface area (Å²) >= 11 is 0. The van der Waals surface area contributed by atoms with E-state index in [0.717, 1.165) is 20.8 Å². The molecule has 15 atom stereocenters. The fraction of sp³-hybridized carbons (Fsp3) is 0.400. The van der Waals surface area contributed by atoms with Gasteiger partial charge in [-0.05, 0) is 48.5 Å². The number of ether oxygens (including phenoxy) is 13. The van der Waals surface area contributed by atoms with E-state index >= 15 is 0 Å². The zero-order chi connectivity index (χ0) is 55.9. The van der Waals surface area contributed by atoms with Crippen molar-refractivity contribution in [3.63, 3.8) is 0 Å². The third kappa shape index (κ3) is 15.0. The lowest BCUT2D eigenvalue weighted by molar-refractivity contribution is -0.365. The highest BCUT2D eigenvalue weighted by Crippen LogP contribution is 2.36. The van der Waals surface area contributed by atoms with Gasteiger partial charge in [0.15, 0.2) is 55.5 Å². The van der Waals surface area contributed by atoms with Crippen LogP contribution in [-0.4, -0.2) is 176 Å². The molecule has 4 aromatic rings. The van der Waals surface area contributed by atoms with Crippen LogP contribution in [0.4, 0.5) is 0 Å². The van der Waals surface area contributed by atoms with E-state index in [2.05, 4.69) is 6.58 Å². The minimum atomic E-state index is -1.99. The maximum absolute atomic E-state index is 14.2. The van der Waals surface area contributed by atoms with Crippen LogP contribution in [0.2, 0.25) is 0 Å². The number of aliphatic hydroxyl groups excluding tert-OH is 3. The Labute approximate surface area is 446 Å². The molecule has 0 aromatic heterocycles. The van der Waals surface area contributed by atoms with Crippen LogP contribution >= 0.6 is 0 Å². The number of esters is 7. The summed E-state index contributed by atoms with van der Waals surface area (Å²) in [6, 6.07) is 30.8. The lowest BCUT2D eigenvalue weighted by Gasteiger charge is -2.48. The van der Waals surface area contributed by atoms with E-state index in [-0.39, 0.29) is 28.9 Å². The topological polar surface area (TPSA) is 300 Å². The molecule has 0 saturated carbocycles. The third-order valence-corrected chi connectivity index (χ3v) is 12.2. The van der Waals surface area contributed by atoms with Gasteiger partial charge in [-0.1, -0.05) is 78.9 Å². The predicted octanol–water partition coefficient (Wildman–Crippen LogP) is 2.81. The van der Waals surface area contributed by atoms with E-state index in [0.29, 0.717) is 0 Å². The molecule has 3 aliphatic heterocycles. The molecule has 3 saturated heterocycles. The van der Waals surface area contributed by atoms with Gasteiger partial charge in [-0.3, -0.25) is 14.4 Å². The molecular formula is C55H58O23. The minimum Gasteiger partial charge on any atom is -0.459 e. The average molecular weight is 1090 g/mol. The van der Waals surface area contributed by atoms with Crippen molar-refractivity contribution >= 4 is 41.8 Å². The molecule has 0 unspecified atom stereocenters. The summed E-state index contributed by atoms with van der Waals surface area (Å²) < 4.78 is 77.9. The lowest BCUT2D eigenvalue weighted by Crippen LogP contribution is -2.67. The van der Waals surface area contributed by atoms with Gasteiger partial charge in [0.25, 0.3) is 0 Å². The Balaban J connectivity index is 1.33. The Hall–Kier alpha value is -7.45. The highest BCUT2D eigenvalue weighted by molar-refractivity contribution is 5.91. The first-order valence-electron chi connectivity index (χ1n) is 24.5. The van der Waals surface area contributed by atoms with Gasteiger partial charge >= 0.3 is 41.8 Å². The highest BCUT2D eigenvalue weighted by Gasteiger charge is 2.58. The molecule has 3 N–H and O–H groups in total. The van der Waals surface area contributed by atoms with Crippen LogP contribution in [0.5, 0.6) is 0 Å². The van der Waals surface area contributed by atoms with Crippen LogP contribution in [0.3, 0.4) is 0 Å². The maximum Gasteiger partial charge on any atom is 0.338 e. The summed E-state index contributed by atoms with van der Waals surface area (Å²) in [6.07, 6.45) is -25.1. The lowest BCUT2D eigenvalue weighted by atomic mass is 9.96. The summed E-state index contributed by atoms with van der Waals surface area (Å²) in [5.41, 5.74) is 0.175. The van der Waals surface area contributed by atoms with Gasteiger partial charge in [-0.15, -0.1) is 6.58 Å². The largest absolute Gasteiger partial charge is 0.459 e. The molecule has 0 radical (unpaired) electrons. The molecule has 23 nitrogen and oxygen atoms in total. The number of benzene rings is 4. The molecule has 0 spiro atoms. The van der Waals surface area contributed by atoms with E-state index in [1.54, 1.807) is 72.8 Å². The molecule has 4 aromatic carbocycles. The second-order valence-corrected chi connectivity index (χ2v) is 17.7. The Morgan fingerprint density at radius 1 is 0.462 bits per heavy atom. The van der Waals surface area contributed by atoms with Crippen LogP contribution in [0.15, 0.2) is 134 Å². The van der Waals surface area contributed by atoms with Crippen LogP contribution in [0.1, 0.15) is 62.2 Å². The summed E-state index contributed by atoms with van der Waals surface area (Å²) in [5.74, 6) is -6.61. The van der Waals surface area contributed by atoms with Gasteiger partial charge in [-0.25, -0.2) is 19.2 Å². The molecule has 0 aliphatic carbocycles. The SMILES string of the molecule is C=CCO[C@@H]1[C@@H](OC(C)=O)[C@H](O[C@H]2[C@H](O)[C@@H](CO)O[C@@H](O)[C@@H]2OC(C)=O)O[C@H](CO[C@@H]2O[C@H](COC(=O)c3ccccc3)[C@@H](OC(=O)c3ccccc3)[C@H](OC(=O)c3ccccc3)[C@H]2OC(=O)c2ccccc2)[C@H]1OC(C)=O. The van der Waals surface area contributed by atoms with Crippen molar-refractivity contribution in [2.75, 3.05) is 26.4 Å². The summed E-state index contributed by atoms with van der Waals surface area (Å²) in [5, 5.41) is 32.4. The summed E-state index contributed by atoms with van der Waals surface area (Å²) in [4.78, 5) is 94.2. The first-order chi connectivity index (χ1) is 37.6. The van der Waals surface area contributed by atoms with Crippen molar-refractivity contribution < 1.29 is 110 Å². The van der Waals surface area contributed by atoms with Crippen LogP contribution in [0.25, 0.3) is 0 Å². The Kier molecular flexibility index (Phi) is 20.7. The van der Waals surface area contributed by atoms with E-state index in [9.17, 15) is 48.9 Å². The molecule has 3 fully saturated rings. The Bertz CT molecular complexity index is 2660.